The number of rotatable bonds is 1. The predicted octanol–water partition coefficient (Wildman–Crippen LogP) is 1.50. The summed E-state index contributed by atoms with van der Waals surface area (Å²) in [5.74, 6) is -1.76. The first kappa shape index (κ1) is 6.54. The van der Waals surface area contributed by atoms with E-state index in [4.69, 9.17) is 21.8 Å². The molecule has 1 fully saturated rings. The second-order valence-corrected chi connectivity index (χ2v) is 5.90. The van der Waals surface area contributed by atoms with Crippen LogP contribution in [0.1, 0.15) is 31.3 Å². The molecule has 2 aliphatic heterocycles. The van der Waals surface area contributed by atoms with E-state index < -0.39 is 60.5 Å². The van der Waals surface area contributed by atoms with Crippen molar-refractivity contribution < 1.29 is 28.3 Å². The van der Waals surface area contributed by atoms with Gasteiger partial charge in [0.25, 0.3) is 0 Å². The zero-order valence-corrected chi connectivity index (χ0v) is 11.9. The number of piperidine rings is 1. The molecule has 2 bridgehead atoms. The van der Waals surface area contributed by atoms with Crippen molar-refractivity contribution in [2.45, 2.75) is 36.4 Å². The topological polar surface area (TPSA) is 41.9 Å². The Kier molecular flexibility index (Phi) is 1.21. The van der Waals surface area contributed by atoms with Gasteiger partial charge in [0.05, 0.1) is 12.6 Å². The Morgan fingerprint density at radius 2 is 2.50 bits per heavy atom. The molecule has 4 aliphatic rings. The predicted molar refractivity (Wildman–Crippen MR) is 82.5 cm³/mol. The number of methoxy groups -OCH3 is 1. The number of benzene rings is 1. The summed E-state index contributed by atoms with van der Waals surface area (Å²) in [5, 5.41) is 10.9. The molecule has 1 aromatic rings. The van der Waals surface area contributed by atoms with Gasteiger partial charge in [-0.05, 0) is 37.9 Å². The smallest absolute Gasteiger partial charge is 0.165 e. The van der Waals surface area contributed by atoms with Gasteiger partial charge >= 0.3 is 0 Å². The van der Waals surface area contributed by atoms with Crippen LogP contribution in [0.4, 0.5) is 0 Å². The largest absolute Gasteiger partial charge is 0.493 e. The van der Waals surface area contributed by atoms with Crippen molar-refractivity contribution in [1.82, 2.24) is 4.90 Å². The van der Waals surface area contributed by atoms with E-state index in [2.05, 4.69) is 0 Å². The van der Waals surface area contributed by atoms with E-state index in [1.54, 1.807) is 0 Å². The lowest BCUT2D eigenvalue weighted by atomic mass is 9.53. The van der Waals surface area contributed by atoms with Crippen molar-refractivity contribution in [3.8, 4) is 11.5 Å². The second-order valence-electron chi connectivity index (χ2n) is 5.90. The molecule has 1 saturated heterocycles. The number of likely N-dealkylation sites (tertiary alicyclic amines) is 1. The normalized spacial score (nSPS) is 60.5. The average Bonchev–Trinajstić information content (AvgIpc) is 2.91. The second kappa shape index (κ2) is 4.06. The molecule has 2 aliphatic carbocycles. The zero-order valence-electron chi connectivity index (χ0n) is 21.9. The first-order valence-corrected chi connectivity index (χ1v) is 7.14. The molecule has 5 atom stereocenters. The quantitative estimate of drug-likeness (QED) is 0.798. The summed E-state index contributed by atoms with van der Waals surface area (Å²) in [5.41, 5.74) is -2.14. The van der Waals surface area contributed by atoms with Gasteiger partial charge in [-0.1, -0.05) is 18.2 Å². The molecule has 0 radical (unpaired) electrons. The minimum atomic E-state index is -2.87. The molecule has 116 valence electrons. The van der Waals surface area contributed by atoms with Gasteiger partial charge in [-0.2, -0.15) is 0 Å². The lowest BCUT2D eigenvalue weighted by molar-refractivity contribution is -0.0453. The SMILES string of the molecule is [2H]c1c([2H])c2c3c(c1OC)OC1([2H])C([2H])(O)C=C[C@@H]4[C@@]31CCN(C([2H])([2H])[2H])[C@]4([2H])C2([2H])[2H]. The van der Waals surface area contributed by atoms with E-state index in [-0.39, 0.29) is 30.0 Å². The minimum Gasteiger partial charge on any atom is -0.493 e. The molecule has 1 spiro atoms. The van der Waals surface area contributed by atoms with Crippen molar-refractivity contribution in [2.75, 3.05) is 20.6 Å². The van der Waals surface area contributed by atoms with Crippen molar-refractivity contribution >= 4 is 0 Å². The summed E-state index contributed by atoms with van der Waals surface area (Å²) in [6.45, 7) is -3.21. The molecule has 0 saturated carbocycles. The summed E-state index contributed by atoms with van der Waals surface area (Å²) in [6, 6.07) is -3.70. The van der Waals surface area contributed by atoms with Crippen LogP contribution in [-0.2, 0) is 11.8 Å². The molecule has 1 N–H and O–H groups in total. The molecule has 22 heavy (non-hydrogen) atoms. The zero-order chi connectivity index (χ0) is 23.9. The van der Waals surface area contributed by atoms with Crippen LogP contribution in [0.15, 0.2) is 24.2 Å². The number of hydrogen-bond acceptors (Lipinski definition) is 4. The average molecular weight is 309 g/mol. The molecule has 1 aromatic carbocycles. The Balaban J connectivity index is 2.01. The van der Waals surface area contributed by atoms with Crippen molar-refractivity contribution in [3.05, 3.63) is 35.4 Å². The Bertz CT molecular complexity index is 1090. The molecule has 5 rings (SSSR count). The van der Waals surface area contributed by atoms with Crippen LogP contribution in [0, 0.1) is 5.92 Å². The van der Waals surface area contributed by atoms with Gasteiger partial charge in [0.2, 0.25) is 0 Å². The molecule has 4 heteroatoms. The van der Waals surface area contributed by atoms with E-state index in [1.807, 2.05) is 0 Å². The number of likely N-dealkylation sites (N-methyl/N-ethyl adjacent to an activating group) is 1. The molecule has 4 nitrogen and oxygen atoms in total. The van der Waals surface area contributed by atoms with Crippen LogP contribution < -0.4 is 9.47 Å². The van der Waals surface area contributed by atoms with Crippen molar-refractivity contribution in [2.24, 2.45) is 5.92 Å². The maximum Gasteiger partial charge on any atom is 0.165 e. The van der Waals surface area contributed by atoms with Gasteiger partial charge in [0.15, 0.2) is 11.5 Å². The molecular formula is C18H21NO3. The highest BCUT2D eigenvalue weighted by molar-refractivity contribution is 5.62. The van der Waals surface area contributed by atoms with E-state index in [0.717, 1.165) is 11.0 Å². The standard InChI is InChI=1S/C18H21NO3/c1-19-8-7-18-11-4-5-13(20)17(18)22-16-14(21-2)6-3-10(15(16)18)9-12(11)19/h3-6,11-13,17,20H,7-9H2,1-2H3/t11-,12+,13?,17?,18-/m0/s1/i1D3,3D,6D,9D2,12D,13D,17D. The highest BCUT2D eigenvalue weighted by Crippen LogP contribution is 2.62. The number of ether oxygens (including phenoxy) is 2. The fourth-order valence-corrected chi connectivity index (χ4v) is 4.11. The van der Waals surface area contributed by atoms with Gasteiger partial charge in [-0.15, -0.1) is 0 Å². The third-order valence-electron chi connectivity index (χ3n) is 5.02. The van der Waals surface area contributed by atoms with Crippen molar-refractivity contribution in [3.63, 3.8) is 0 Å². The Morgan fingerprint density at radius 1 is 1.59 bits per heavy atom. The van der Waals surface area contributed by atoms with Gasteiger partial charge < -0.3 is 19.5 Å². The maximum atomic E-state index is 10.9. The van der Waals surface area contributed by atoms with Gasteiger partial charge in [-0.3, -0.25) is 0 Å². The summed E-state index contributed by atoms with van der Waals surface area (Å²) >= 11 is 0. The van der Waals surface area contributed by atoms with Crippen LogP contribution in [0.25, 0.3) is 0 Å². The van der Waals surface area contributed by atoms with Crippen molar-refractivity contribution in [1.29, 1.82) is 0 Å². The lowest BCUT2D eigenvalue weighted by Gasteiger charge is -2.56. The third kappa shape index (κ3) is 1.28. The van der Waals surface area contributed by atoms with Crippen LogP contribution in [0.5, 0.6) is 11.5 Å². The highest BCUT2D eigenvalue weighted by atomic mass is 16.5. The monoisotopic (exact) mass is 309 g/mol. The van der Waals surface area contributed by atoms with Gasteiger partial charge in [0, 0.05) is 31.1 Å². The van der Waals surface area contributed by atoms with Crippen LogP contribution in [0.2, 0.25) is 0 Å². The Morgan fingerprint density at radius 3 is 3.32 bits per heavy atom. The van der Waals surface area contributed by atoms with Crippen LogP contribution in [-0.4, -0.2) is 48.8 Å². The molecular weight excluding hydrogens is 278 g/mol. The van der Waals surface area contributed by atoms with Gasteiger partial charge in [0.1, 0.15) is 12.2 Å². The first-order chi connectivity index (χ1) is 14.5. The minimum absolute atomic E-state index is 0.00319. The lowest BCUT2D eigenvalue weighted by Crippen LogP contribution is -2.64. The van der Waals surface area contributed by atoms with E-state index in [0.29, 0.717) is 0 Å². The number of hydrogen-bond donors (Lipinski definition) is 1. The molecule has 0 amide bonds. The summed E-state index contributed by atoms with van der Waals surface area (Å²) < 4.78 is 96.7. The fourth-order valence-electron chi connectivity index (χ4n) is 4.11. The molecule has 0 aromatic heterocycles. The van der Waals surface area contributed by atoms with Gasteiger partial charge in [-0.25, -0.2) is 0 Å². The third-order valence-corrected chi connectivity index (χ3v) is 5.02. The highest BCUT2D eigenvalue weighted by Gasteiger charge is 2.64. The molecule has 2 unspecified atom stereocenters. The van der Waals surface area contributed by atoms with Crippen LogP contribution in [0.3, 0.4) is 0 Å². The molecule has 2 heterocycles. The summed E-state index contributed by atoms with van der Waals surface area (Å²) in [7, 11) is 1.22. The number of aliphatic hydroxyl groups is 1. The van der Waals surface area contributed by atoms with E-state index >= 15 is 0 Å². The number of nitrogens with zero attached hydrogens (tertiary/aromatic N) is 1. The maximum absolute atomic E-state index is 10.9. The fraction of sp³-hybridized carbons (Fsp3) is 0.556. The van der Waals surface area contributed by atoms with E-state index in [1.165, 1.54) is 13.2 Å². The van der Waals surface area contributed by atoms with E-state index in [9.17, 15) is 6.48 Å². The summed E-state index contributed by atoms with van der Waals surface area (Å²) in [4.78, 5) is 0.739. The van der Waals surface area contributed by atoms with Crippen LogP contribution >= 0.6 is 0 Å². The summed E-state index contributed by atoms with van der Waals surface area (Å²) in [6.07, 6.45) is -5.90. The Hall–Kier alpha value is -1.52. The first-order valence-electron chi connectivity index (χ1n) is 12.1. The Labute approximate surface area is 144 Å².